The average molecular weight is 321 g/mol. The van der Waals surface area contributed by atoms with Crippen molar-refractivity contribution in [2.75, 3.05) is 7.11 Å². The van der Waals surface area contributed by atoms with Crippen molar-refractivity contribution in [2.24, 2.45) is 0 Å². The van der Waals surface area contributed by atoms with E-state index in [0.717, 1.165) is 32.1 Å². The Kier molecular flexibility index (Phi) is 17.7. The van der Waals surface area contributed by atoms with Gasteiger partial charge in [-0.2, -0.15) is 0 Å². The summed E-state index contributed by atoms with van der Waals surface area (Å²) < 4.78 is 4.62. The Bertz CT molecular complexity index is 340. The van der Waals surface area contributed by atoms with E-state index in [-0.39, 0.29) is 5.97 Å². The largest absolute Gasteiger partial charge is 0.469 e. The van der Waals surface area contributed by atoms with Crippen LogP contribution in [-0.2, 0) is 9.53 Å². The Hall–Kier alpha value is -1.31. The van der Waals surface area contributed by atoms with Crippen LogP contribution in [-0.4, -0.2) is 13.1 Å². The second kappa shape index (κ2) is 18.7. The van der Waals surface area contributed by atoms with Gasteiger partial charge in [0.25, 0.3) is 0 Å². The molecule has 0 saturated carbocycles. The molecule has 0 aliphatic rings. The van der Waals surface area contributed by atoms with E-state index in [9.17, 15) is 4.79 Å². The molecule has 0 aromatic carbocycles. The lowest BCUT2D eigenvalue weighted by Crippen LogP contribution is -1.98. The second-order valence-electron chi connectivity index (χ2n) is 5.91. The summed E-state index contributed by atoms with van der Waals surface area (Å²) in [4.78, 5) is 10.9. The normalized spacial score (nSPS) is 11.9. The van der Waals surface area contributed by atoms with Gasteiger partial charge in [0, 0.05) is 6.42 Å². The van der Waals surface area contributed by atoms with Crippen molar-refractivity contribution in [3.8, 4) is 0 Å². The van der Waals surface area contributed by atoms with Crippen LogP contribution < -0.4 is 0 Å². The smallest absolute Gasteiger partial charge is 0.305 e. The first-order valence-electron chi connectivity index (χ1n) is 9.33. The maximum atomic E-state index is 10.9. The van der Waals surface area contributed by atoms with Crippen LogP contribution in [0.2, 0.25) is 0 Å². The predicted molar refractivity (Wildman–Crippen MR) is 101 cm³/mol. The van der Waals surface area contributed by atoms with Crippen LogP contribution in [0.5, 0.6) is 0 Å². The van der Waals surface area contributed by atoms with Gasteiger partial charge < -0.3 is 4.74 Å². The van der Waals surface area contributed by atoms with Crippen molar-refractivity contribution >= 4 is 5.97 Å². The van der Waals surface area contributed by atoms with Crippen molar-refractivity contribution in [3.63, 3.8) is 0 Å². The van der Waals surface area contributed by atoms with Gasteiger partial charge in [0.1, 0.15) is 0 Å². The number of esters is 1. The monoisotopic (exact) mass is 320 g/mol. The van der Waals surface area contributed by atoms with E-state index < -0.39 is 0 Å². The van der Waals surface area contributed by atoms with Crippen LogP contribution in [0.4, 0.5) is 0 Å². The molecule has 0 aliphatic carbocycles. The molecule has 0 aromatic rings. The molecule has 0 fully saturated rings. The first-order valence-corrected chi connectivity index (χ1v) is 9.33. The molecular formula is C21H36O2. The zero-order valence-electron chi connectivity index (χ0n) is 15.3. The number of hydrogen-bond donors (Lipinski definition) is 0. The molecule has 2 nitrogen and oxygen atoms in total. The molecule has 0 N–H and O–H groups in total. The molecule has 0 amide bonds. The summed E-state index contributed by atoms with van der Waals surface area (Å²) in [6, 6.07) is 0. The molecule has 0 spiro atoms. The SMILES string of the molecule is CCCCC/C=C\C/C=C\C/C=C\CCCCCCC(=O)OC. The van der Waals surface area contributed by atoms with Gasteiger partial charge in [0.05, 0.1) is 7.11 Å². The fourth-order valence-electron chi connectivity index (χ4n) is 2.28. The predicted octanol–water partition coefficient (Wildman–Crippen LogP) is 6.53. The molecule has 0 rings (SSSR count). The van der Waals surface area contributed by atoms with E-state index in [2.05, 4.69) is 48.1 Å². The molecule has 132 valence electrons. The first-order chi connectivity index (χ1) is 11.3. The van der Waals surface area contributed by atoms with Gasteiger partial charge >= 0.3 is 5.97 Å². The van der Waals surface area contributed by atoms with Gasteiger partial charge in [-0.3, -0.25) is 4.79 Å². The molecule has 0 aliphatic heterocycles. The zero-order valence-corrected chi connectivity index (χ0v) is 15.3. The Morgan fingerprint density at radius 1 is 0.739 bits per heavy atom. The van der Waals surface area contributed by atoms with Gasteiger partial charge in [0.2, 0.25) is 0 Å². The number of unbranched alkanes of at least 4 members (excludes halogenated alkanes) is 7. The lowest BCUT2D eigenvalue weighted by molar-refractivity contribution is -0.140. The highest BCUT2D eigenvalue weighted by Gasteiger charge is 1.98. The van der Waals surface area contributed by atoms with Crippen molar-refractivity contribution in [1.82, 2.24) is 0 Å². The highest BCUT2D eigenvalue weighted by molar-refractivity contribution is 5.68. The summed E-state index contributed by atoms with van der Waals surface area (Å²) in [5, 5.41) is 0. The van der Waals surface area contributed by atoms with Crippen LogP contribution in [0.1, 0.15) is 84.0 Å². The molecule has 0 bridgehead atoms. The fraction of sp³-hybridized carbons (Fsp3) is 0.667. The molecule has 0 atom stereocenters. The number of carbonyl (C=O) groups excluding carboxylic acids is 1. The maximum Gasteiger partial charge on any atom is 0.305 e. The van der Waals surface area contributed by atoms with Gasteiger partial charge in [-0.25, -0.2) is 0 Å². The van der Waals surface area contributed by atoms with Crippen molar-refractivity contribution in [2.45, 2.75) is 84.0 Å². The number of carbonyl (C=O) groups is 1. The van der Waals surface area contributed by atoms with Crippen LogP contribution in [0.3, 0.4) is 0 Å². The summed E-state index contributed by atoms with van der Waals surface area (Å²) in [5.74, 6) is -0.0903. The summed E-state index contributed by atoms with van der Waals surface area (Å²) in [5.41, 5.74) is 0. The third kappa shape index (κ3) is 18.6. The molecular weight excluding hydrogens is 284 g/mol. The Morgan fingerprint density at radius 2 is 1.26 bits per heavy atom. The molecule has 0 heterocycles. The standard InChI is InChI=1S/C21H36O2/c1-3-4-5-6-7-8-9-10-11-12-13-14-15-16-17-18-19-20-21(22)23-2/h7-8,10-11,13-14H,3-6,9,12,15-20H2,1-2H3/b8-7-,11-10-,14-13-. The minimum absolute atomic E-state index is 0.0903. The van der Waals surface area contributed by atoms with E-state index in [1.165, 1.54) is 45.6 Å². The first kappa shape index (κ1) is 21.7. The van der Waals surface area contributed by atoms with Crippen LogP contribution in [0, 0.1) is 0 Å². The third-order valence-corrected chi connectivity index (χ3v) is 3.75. The lowest BCUT2D eigenvalue weighted by atomic mass is 10.1. The molecule has 0 unspecified atom stereocenters. The van der Waals surface area contributed by atoms with E-state index in [0.29, 0.717) is 6.42 Å². The zero-order chi connectivity index (χ0) is 17.0. The van der Waals surface area contributed by atoms with Gasteiger partial charge in [-0.1, -0.05) is 69.1 Å². The van der Waals surface area contributed by atoms with Crippen molar-refractivity contribution in [3.05, 3.63) is 36.5 Å². The average Bonchev–Trinajstić information content (AvgIpc) is 2.57. The Morgan fingerprint density at radius 3 is 1.83 bits per heavy atom. The highest BCUT2D eigenvalue weighted by Crippen LogP contribution is 2.07. The third-order valence-electron chi connectivity index (χ3n) is 3.75. The Balaban J connectivity index is 3.30. The van der Waals surface area contributed by atoms with Crippen LogP contribution in [0.25, 0.3) is 0 Å². The number of methoxy groups -OCH3 is 1. The van der Waals surface area contributed by atoms with E-state index in [4.69, 9.17) is 0 Å². The van der Waals surface area contributed by atoms with Crippen LogP contribution in [0.15, 0.2) is 36.5 Å². The number of hydrogen-bond acceptors (Lipinski definition) is 2. The molecule has 0 saturated heterocycles. The number of ether oxygens (including phenoxy) is 1. The molecule has 2 heteroatoms. The van der Waals surface area contributed by atoms with Gasteiger partial charge in [-0.05, 0) is 44.9 Å². The quantitative estimate of drug-likeness (QED) is 0.195. The molecule has 0 aromatic heterocycles. The van der Waals surface area contributed by atoms with Crippen LogP contribution >= 0.6 is 0 Å². The van der Waals surface area contributed by atoms with Crippen molar-refractivity contribution < 1.29 is 9.53 Å². The van der Waals surface area contributed by atoms with E-state index >= 15 is 0 Å². The highest BCUT2D eigenvalue weighted by atomic mass is 16.5. The number of allylic oxidation sites excluding steroid dienone is 6. The molecule has 0 radical (unpaired) electrons. The minimum Gasteiger partial charge on any atom is -0.469 e. The maximum absolute atomic E-state index is 10.9. The summed E-state index contributed by atoms with van der Waals surface area (Å²) in [7, 11) is 1.45. The van der Waals surface area contributed by atoms with E-state index in [1.807, 2.05) is 0 Å². The topological polar surface area (TPSA) is 26.3 Å². The number of rotatable bonds is 15. The lowest BCUT2D eigenvalue weighted by Gasteiger charge is -1.99. The fourth-order valence-corrected chi connectivity index (χ4v) is 2.28. The van der Waals surface area contributed by atoms with Gasteiger partial charge in [-0.15, -0.1) is 0 Å². The van der Waals surface area contributed by atoms with Crippen molar-refractivity contribution in [1.29, 1.82) is 0 Å². The Labute approximate surface area is 143 Å². The molecule has 23 heavy (non-hydrogen) atoms. The summed E-state index contributed by atoms with van der Waals surface area (Å²) in [6.07, 6.45) is 27.0. The summed E-state index contributed by atoms with van der Waals surface area (Å²) >= 11 is 0. The van der Waals surface area contributed by atoms with E-state index in [1.54, 1.807) is 0 Å². The second-order valence-corrected chi connectivity index (χ2v) is 5.91. The summed E-state index contributed by atoms with van der Waals surface area (Å²) in [6.45, 7) is 2.24. The minimum atomic E-state index is -0.0903. The van der Waals surface area contributed by atoms with Gasteiger partial charge in [0.15, 0.2) is 0 Å².